The van der Waals surface area contributed by atoms with Gasteiger partial charge in [0.1, 0.15) is 10.6 Å². The fourth-order valence-electron chi connectivity index (χ4n) is 3.16. The minimum atomic E-state index is -3.72. The fraction of sp³-hybridized carbons (Fsp3) is 0.316. The summed E-state index contributed by atoms with van der Waals surface area (Å²) in [4.78, 5) is 12.7. The number of amides is 1. The van der Waals surface area contributed by atoms with Gasteiger partial charge in [0.25, 0.3) is 5.91 Å². The van der Waals surface area contributed by atoms with Crippen molar-refractivity contribution in [3.05, 3.63) is 59.2 Å². The molecule has 0 aromatic heterocycles. The molecule has 2 aromatic carbocycles. The zero-order chi connectivity index (χ0) is 18.9. The van der Waals surface area contributed by atoms with E-state index in [1.54, 1.807) is 6.07 Å². The quantitative estimate of drug-likeness (QED) is 0.872. The van der Waals surface area contributed by atoms with Crippen LogP contribution in [0, 0.1) is 0 Å². The first-order chi connectivity index (χ1) is 12.3. The van der Waals surface area contributed by atoms with E-state index in [2.05, 4.69) is 11.4 Å². The van der Waals surface area contributed by atoms with Crippen LogP contribution in [0.15, 0.2) is 47.4 Å². The average molecular weight is 374 g/mol. The third kappa shape index (κ3) is 3.32. The molecule has 3 rings (SSSR count). The van der Waals surface area contributed by atoms with E-state index in [1.165, 1.54) is 38.9 Å². The van der Waals surface area contributed by atoms with E-state index < -0.39 is 10.0 Å². The lowest BCUT2D eigenvalue weighted by molar-refractivity contribution is 0.0936. The molecule has 0 radical (unpaired) electrons. The smallest absolute Gasteiger partial charge is 0.251 e. The second-order valence-corrected chi connectivity index (χ2v) is 8.54. The van der Waals surface area contributed by atoms with E-state index in [0.29, 0.717) is 0 Å². The summed E-state index contributed by atoms with van der Waals surface area (Å²) in [6.45, 7) is 0. The number of ether oxygens (including phenoxy) is 1. The van der Waals surface area contributed by atoms with E-state index >= 15 is 0 Å². The molecule has 6 nitrogen and oxygen atoms in total. The monoisotopic (exact) mass is 374 g/mol. The minimum absolute atomic E-state index is 0.0236. The zero-order valence-corrected chi connectivity index (χ0v) is 15.8. The van der Waals surface area contributed by atoms with E-state index in [-0.39, 0.29) is 28.2 Å². The van der Waals surface area contributed by atoms with Gasteiger partial charge in [0, 0.05) is 19.7 Å². The van der Waals surface area contributed by atoms with Crippen molar-refractivity contribution in [3.8, 4) is 5.75 Å². The Morgan fingerprint density at radius 2 is 1.92 bits per heavy atom. The largest absolute Gasteiger partial charge is 0.495 e. The maximum Gasteiger partial charge on any atom is 0.251 e. The second-order valence-electron chi connectivity index (χ2n) is 6.42. The van der Waals surface area contributed by atoms with Crippen LogP contribution in [0.3, 0.4) is 0 Å². The van der Waals surface area contributed by atoms with Crippen LogP contribution < -0.4 is 10.1 Å². The zero-order valence-electron chi connectivity index (χ0n) is 15.0. The van der Waals surface area contributed by atoms with Crippen LogP contribution >= 0.6 is 0 Å². The van der Waals surface area contributed by atoms with Crippen molar-refractivity contribution >= 4 is 15.9 Å². The van der Waals surface area contributed by atoms with Gasteiger partial charge in [-0.3, -0.25) is 4.79 Å². The molecule has 0 bridgehead atoms. The highest BCUT2D eigenvalue weighted by molar-refractivity contribution is 7.89. The summed E-state index contributed by atoms with van der Waals surface area (Å²) < 4.78 is 31.3. The van der Waals surface area contributed by atoms with Crippen LogP contribution in [0.1, 0.15) is 33.9 Å². The number of hydrogen-bond acceptors (Lipinski definition) is 4. The first-order valence-corrected chi connectivity index (χ1v) is 9.78. The van der Waals surface area contributed by atoms with Gasteiger partial charge >= 0.3 is 0 Å². The average Bonchev–Trinajstić information content (AvgIpc) is 3.04. The summed E-state index contributed by atoms with van der Waals surface area (Å²) in [5, 5.41) is 3.01. The standard InChI is InChI=1S/C19H22N2O4S/c1-21(2)26(23,24)18-12-14(9-11-17(18)25-3)19(22)20-16-10-8-13-6-4-5-7-15(13)16/h4-7,9,11-12,16H,8,10H2,1-3H3,(H,20,22)/t16-/m0/s1. The molecule has 0 saturated heterocycles. The topological polar surface area (TPSA) is 75.7 Å². The Morgan fingerprint density at radius 3 is 2.62 bits per heavy atom. The Kier molecular flexibility index (Phi) is 5.02. The molecule has 7 heteroatoms. The molecule has 0 heterocycles. The number of nitrogens with zero attached hydrogens (tertiary/aromatic N) is 1. The molecule has 1 N–H and O–H groups in total. The lowest BCUT2D eigenvalue weighted by Crippen LogP contribution is -2.28. The Morgan fingerprint density at radius 1 is 1.19 bits per heavy atom. The van der Waals surface area contributed by atoms with Gasteiger partial charge in [0.15, 0.2) is 0 Å². The lowest BCUT2D eigenvalue weighted by atomic mass is 10.1. The Balaban J connectivity index is 1.89. The van der Waals surface area contributed by atoms with Crippen molar-refractivity contribution in [3.63, 3.8) is 0 Å². The van der Waals surface area contributed by atoms with E-state index in [9.17, 15) is 13.2 Å². The van der Waals surface area contributed by atoms with Crippen molar-refractivity contribution in [1.82, 2.24) is 9.62 Å². The summed E-state index contributed by atoms with van der Waals surface area (Å²) in [6.07, 6.45) is 1.76. The Hall–Kier alpha value is -2.38. The van der Waals surface area contributed by atoms with Crippen LogP contribution in [0.25, 0.3) is 0 Å². The van der Waals surface area contributed by atoms with Gasteiger partial charge in [0.05, 0.1) is 13.2 Å². The molecule has 138 valence electrons. The van der Waals surface area contributed by atoms with Crippen molar-refractivity contribution in [2.24, 2.45) is 0 Å². The molecule has 0 unspecified atom stereocenters. The second kappa shape index (κ2) is 7.09. The van der Waals surface area contributed by atoms with Crippen molar-refractivity contribution < 1.29 is 17.9 Å². The van der Waals surface area contributed by atoms with Gasteiger partial charge in [-0.25, -0.2) is 12.7 Å². The summed E-state index contributed by atoms with van der Waals surface area (Å²) in [6, 6.07) is 12.4. The summed E-state index contributed by atoms with van der Waals surface area (Å²) in [5.41, 5.74) is 2.65. The maximum absolute atomic E-state index is 12.7. The first kappa shape index (κ1) is 18.4. The van der Waals surface area contributed by atoms with Gasteiger partial charge < -0.3 is 10.1 Å². The number of nitrogens with one attached hydrogen (secondary N) is 1. The third-order valence-corrected chi connectivity index (χ3v) is 6.46. The highest BCUT2D eigenvalue weighted by Crippen LogP contribution is 2.31. The lowest BCUT2D eigenvalue weighted by Gasteiger charge is -2.17. The summed E-state index contributed by atoms with van der Waals surface area (Å²) in [5.74, 6) is -0.0916. The van der Waals surface area contributed by atoms with Crippen LogP contribution in [-0.2, 0) is 16.4 Å². The van der Waals surface area contributed by atoms with Crippen molar-refractivity contribution in [2.45, 2.75) is 23.8 Å². The van der Waals surface area contributed by atoms with Gasteiger partial charge in [-0.1, -0.05) is 24.3 Å². The predicted octanol–water partition coefficient (Wildman–Crippen LogP) is 2.36. The normalized spacial score (nSPS) is 16.4. The molecule has 1 atom stereocenters. The number of hydrogen-bond donors (Lipinski definition) is 1. The van der Waals surface area contributed by atoms with E-state index in [4.69, 9.17) is 4.74 Å². The molecule has 2 aromatic rings. The van der Waals surface area contributed by atoms with E-state index in [0.717, 1.165) is 22.7 Å². The molecular weight excluding hydrogens is 352 g/mol. The molecule has 1 aliphatic carbocycles. The molecule has 26 heavy (non-hydrogen) atoms. The number of carbonyl (C=O) groups excluding carboxylic acids is 1. The van der Waals surface area contributed by atoms with Crippen LogP contribution in [0.4, 0.5) is 0 Å². The fourth-order valence-corrected chi connectivity index (χ4v) is 4.24. The van der Waals surface area contributed by atoms with Gasteiger partial charge in [0.2, 0.25) is 10.0 Å². The van der Waals surface area contributed by atoms with Crippen LogP contribution in [-0.4, -0.2) is 39.8 Å². The molecule has 1 aliphatic rings. The van der Waals surface area contributed by atoms with Crippen LogP contribution in [0.5, 0.6) is 5.75 Å². The summed E-state index contributed by atoms with van der Waals surface area (Å²) >= 11 is 0. The number of fused-ring (bicyclic) bond motifs is 1. The van der Waals surface area contributed by atoms with Crippen LogP contribution in [0.2, 0.25) is 0 Å². The number of rotatable bonds is 5. The van der Waals surface area contributed by atoms with Gasteiger partial charge in [-0.15, -0.1) is 0 Å². The van der Waals surface area contributed by atoms with Gasteiger partial charge in [-0.2, -0.15) is 0 Å². The van der Waals surface area contributed by atoms with Crippen molar-refractivity contribution in [1.29, 1.82) is 0 Å². The number of aryl methyl sites for hydroxylation is 1. The molecule has 1 amide bonds. The highest BCUT2D eigenvalue weighted by Gasteiger charge is 2.26. The maximum atomic E-state index is 12.7. The molecule has 0 spiro atoms. The molecule has 0 aliphatic heterocycles. The Bertz CT molecular complexity index is 938. The molecular formula is C19H22N2O4S. The Labute approximate surface area is 153 Å². The third-order valence-electron chi connectivity index (χ3n) is 4.62. The number of sulfonamides is 1. The number of methoxy groups -OCH3 is 1. The first-order valence-electron chi connectivity index (χ1n) is 8.34. The minimum Gasteiger partial charge on any atom is -0.495 e. The van der Waals surface area contributed by atoms with E-state index in [1.807, 2.05) is 18.2 Å². The van der Waals surface area contributed by atoms with Crippen molar-refractivity contribution in [2.75, 3.05) is 21.2 Å². The summed E-state index contributed by atoms with van der Waals surface area (Å²) in [7, 11) is 0.562. The highest BCUT2D eigenvalue weighted by atomic mass is 32.2. The predicted molar refractivity (Wildman–Crippen MR) is 98.8 cm³/mol. The SMILES string of the molecule is COc1ccc(C(=O)N[C@H]2CCc3ccccc32)cc1S(=O)(=O)N(C)C. The number of carbonyl (C=O) groups is 1. The molecule has 0 fully saturated rings. The molecule has 0 saturated carbocycles. The van der Waals surface area contributed by atoms with Gasteiger partial charge in [-0.05, 0) is 42.2 Å². The number of benzene rings is 2.